The molecule has 1 aliphatic rings. The van der Waals surface area contributed by atoms with Crippen LogP contribution in [0, 0.1) is 0 Å². The van der Waals surface area contributed by atoms with Gasteiger partial charge in [0.05, 0.1) is 0 Å². The molecule has 0 saturated carbocycles. The number of anilines is 2. The van der Waals surface area contributed by atoms with Crippen molar-refractivity contribution in [1.82, 2.24) is 14.3 Å². The van der Waals surface area contributed by atoms with Gasteiger partial charge < -0.3 is 15.1 Å². The first kappa shape index (κ1) is 20.3. The maximum Gasteiger partial charge on any atom is 0.321 e. The molecule has 0 bridgehead atoms. The number of rotatable bonds is 5. The summed E-state index contributed by atoms with van der Waals surface area (Å²) < 4.78 is 4.54. The minimum absolute atomic E-state index is 0.0280. The van der Waals surface area contributed by atoms with Gasteiger partial charge in [-0.25, -0.2) is 9.78 Å². The lowest BCUT2D eigenvalue weighted by Crippen LogP contribution is -2.38. The quantitative estimate of drug-likeness (QED) is 0.662. The summed E-state index contributed by atoms with van der Waals surface area (Å²) in [5.74, 6) is 0.858. The summed E-state index contributed by atoms with van der Waals surface area (Å²) >= 11 is 1.45. The Morgan fingerprint density at radius 1 is 1.03 bits per heavy atom. The Kier molecular flexibility index (Phi) is 6.59. The molecule has 1 N–H and O–H groups in total. The summed E-state index contributed by atoms with van der Waals surface area (Å²) in [6.45, 7) is 5.17. The Balaban J connectivity index is 1.35. The fourth-order valence-corrected chi connectivity index (χ4v) is 4.42. The van der Waals surface area contributed by atoms with Gasteiger partial charge in [-0.15, -0.1) is 0 Å². The highest BCUT2D eigenvalue weighted by molar-refractivity contribution is 7.09. The lowest BCUT2D eigenvalue weighted by atomic mass is 10.1. The fourth-order valence-electron chi connectivity index (χ4n) is 3.68. The number of urea groups is 1. The fraction of sp³-hybridized carbons (Fsp3) is 0.348. The van der Waals surface area contributed by atoms with Crippen molar-refractivity contribution in [2.45, 2.75) is 26.2 Å². The van der Waals surface area contributed by atoms with E-state index in [9.17, 15) is 4.79 Å². The van der Waals surface area contributed by atoms with Crippen LogP contribution in [0.5, 0.6) is 0 Å². The molecule has 2 heterocycles. The van der Waals surface area contributed by atoms with Crippen molar-refractivity contribution < 1.29 is 4.79 Å². The van der Waals surface area contributed by atoms with E-state index in [1.165, 1.54) is 17.1 Å². The second-order valence-electron chi connectivity index (χ2n) is 7.42. The van der Waals surface area contributed by atoms with Gasteiger partial charge in [0.15, 0.2) is 0 Å². The second-order valence-corrected chi connectivity index (χ2v) is 8.15. The van der Waals surface area contributed by atoms with Crippen LogP contribution in [0.4, 0.5) is 15.6 Å². The Morgan fingerprint density at radius 3 is 2.67 bits per heavy atom. The van der Waals surface area contributed by atoms with Crippen LogP contribution in [-0.4, -0.2) is 46.5 Å². The number of nitrogens with one attached hydrogen (secondary N) is 1. The van der Waals surface area contributed by atoms with E-state index in [0.29, 0.717) is 6.54 Å². The van der Waals surface area contributed by atoms with E-state index >= 15 is 0 Å². The van der Waals surface area contributed by atoms with Crippen molar-refractivity contribution in [2.24, 2.45) is 0 Å². The molecule has 7 heteroatoms. The maximum atomic E-state index is 12.8. The van der Waals surface area contributed by atoms with Crippen LogP contribution >= 0.6 is 11.5 Å². The van der Waals surface area contributed by atoms with Crippen LogP contribution < -0.4 is 10.2 Å². The number of amides is 2. The zero-order chi connectivity index (χ0) is 20.8. The zero-order valence-corrected chi connectivity index (χ0v) is 18.1. The maximum absolute atomic E-state index is 12.8. The molecule has 1 saturated heterocycles. The molecule has 6 nitrogen and oxygen atoms in total. The smallest absolute Gasteiger partial charge is 0.321 e. The molecule has 1 aliphatic heterocycles. The average Bonchev–Trinajstić information content (AvgIpc) is 3.09. The van der Waals surface area contributed by atoms with Gasteiger partial charge in [-0.2, -0.15) is 4.37 Å². The summed E-state index contributed by atoms with van der Waals surface area (Å²) in [5.41, 5.74) is 3.27. The largest absolute Gasteiger partial charge is 0.345 e. The standard InChI is InChI=1S/C23H27N5OS/c1-2-19-11-6-7-12-20(19)24-22(29)27-13-8-14-28(16-15-27)23-25-21(26-30-23)17-18-9-4-3-5-10-18/h3-7,9-12H,2,8,13-17H2,1H3,(H,24,29). The van der Waals surface area contributed by atoms with Crippen LogP contribution in [-0.2, 0) is 12.8 Å². The van der Waals surface area contributed by atoms with E-state index in [1.807, 2.05) is 41.3 Å². The Bertz CT molecular complexity index is 974. The molecule has 30 heavy (non-hydrogen) atoms. The third-order valence-corrected chi connectivity index (χ3v) is 6.17. The van der Waals surface area contributed by atoms with Crippen molar-refractivity contribution in [3.05, 3.63) is 71.5 Å². The Hall–Kier alpha value is -2.93. The number of aryl methyl sites for hydroxylation is 1. The highest BCUT2D eigenvalue weighted by Gasteiger charge is 2.22. The molecule has 0 radical (unpaired) electrons. The van der Waals surface area contributed by atoms with Crippen molar-refractivity contribution in [1.29, 1.82) is 0 Å². The molecular weight excluding hydrogens is 394 g/mol. The van der Waals surface area contributed by atoms with Crippen LogP contribution in [0.3, 0.4) is 0 Å². The number of aromatic nitrogens is 2. The van der Waals surface area contributed by atoms with E-state index < -0.39 is 0 Å². The van der Waals surface area contributed by atoms with Gasteiger partial charge in [-0.1, -0.05) is 55.5 Å². The number of carbonyl (C=O) groups excluding carboxylic acids is 1. The van der Waals surface area contributed by atoms with Crippen LogP contribution in [0.25, 0.3) is 0 Å². The third-order valence-electron chi connectivity index (χ3n) is 5.36. The highest BCUT2D eigenvalue weighted by Crippen LogP contribution is 2.21. The molecule has 0 aliphatic carbocycles. The van der Waals surface area contributed by atoms with Crippen molar-refractivity contribution >= 4 is 28.4 Å². The van der Waals surface area contributed by atoms with E-state index in [2.05, 4.69) is 39.7 Å². The van der Waals surface area contributed by atoms with Gasteiger partial charge in [-0.05, 0) is 30.0 Å². The van der Waals surface area contributed by atoms with Gasteiger partial charge in [0.25, 0.3) is 0 Å². The van der Waals surface area contributed by atoms with Gasteiger partial charge in [0.1, 0.15) is 5.82 Å². The molecule has 2 aromatic carbocycles. The number of carbonyl (C=O) groups is 1. The Morgan fingerprint density at radius 2 is 1.83 bits per heavy atom. The van der Waals surface area contributed by atoms with Crippen molar-refractivity contribution in [3.63, 3.8) is 0 Å². The first-order valence-electron chi connectivity index (χ1n) is 10.5. The molecule has 0 unspecified atom stereocenters. The molecule has 4 rings (SSSR count). The molecule has 2 amide bonds. The number of nitrogens with zero attached hydrogens (tertiary/aromatic N) is 4. The SMILES string of the molecule is CCc1ccccc1NC(=O)N1CCCN(c2nc(Cc3ccccc3)ns2)CC1. The first-order valence-corrected chi connectivity index (χ1v) is 11.3. The molecule has 0 atom stereocenters. The third kappa shape index (κ3) is 4.97. The predicted octanol–water partition coefficient (Wildman–Crippen LogP) is 4.44. The number of hydrogen-bond donors (Lipinski definition) is 1. The summed E-state index contributed by atoms with van der Waals surface area (Å²) in [6.07, 6.45) is 2.56. The topological polar surface area (TPSA) is 61.4 Å². The van der Waals surface area contributed by atoms with E-state index in [0.717, 1.165) is 61.1 Å². The number of para-hydroxylation sites is 1. The minimum Gasteiger partial charge on any atom is -0.345 e. The Labute approximate surface area is 181 Å². The first-order chi connectivity index (χ1) is 14.7. The predicted molar refractivity (Wildman–Crippen MR) is 122 cm³/mol. The monoisotopic (exact) mass is 421 g/mol. The normalized spacial score (nSPS) is 14.4. The number of hydrogen-bond acceptors (Lipinski definition) is 5. The van der Waals surface area contributed by atoms with Gasteiger partial charge in [-0.3, -0.25) is 0 Å². The average molecular weight is 422 g/mol. The van der Waals surface area contributed by atoms with E-state index in [-0.39, 0.29) is 6.03 Å². The lowest BCUT2D eigenvalue weighted by molar-refractivity contribution is 0.215. The van der Waals surface area contributed by atoms with Crippen LogP contribution in [0.2, 0.25) is 0 Å². The van der Waals surface area contributed by atoms with E-state index in [4.69, 9.17) is 4.98 Å². The highest BCUT2D eigenvalue weighted by atomic mass is 32.1. The van der Waals surface area contributed by atoms with Crippen LogP contribution in [0.15, 0.2) is 54.6 Å². The summed E-state index contributed by atoms with van der Waals surface area (Å²) in [7, 11) is 0. The van der Waals surface area contributed by atoms with Crippen molar-refractivity contribution in [2.75, 3.05) is 36.4 Å². The summed E-state index contributed by atoms with van der Waals surface area (Å²) in [5, 5.41) is 4.03. The van der Waals surface area contributed by atoms with Crippen molar-refractivity contribution in [3.8, 4) is 0 Å². The van der Waals surface area contributed by atoms with E-state index in [1.54, 1.807) is 0 Å². The summed E-state index contributed by atoms with van der Waals surface area (Å²) in [6, 6.07) is 18.3. The summed E-state index contributed by atoms with van der Waals surface area (Å²) in [4.78, 5) is 21.7. The molecule has 3 aromatic rings. The minimum atomic E-state index is -0.0280. The molecule has 1 fully saturated rings. The van der Waals surface area contributed by atoms with Gasteiger partial charge in [0, 0.05) is 49.8 Å². The number of benzene rings is 2. The lowest BCUT2D eigenvalue weighted by Gasteiger charge is -2.22. The second kappa shape index (κ2) is 9.71. The van der Waals surface area contributed by atoms with Gasteiger partial charge >= 0.3 is 6.03 Å². The molecule has 1 aromatic heterocycles. The molecule has 0 spiro atoms. The van der Waals surface area contributed by atoms with Crippen LogP contribution in [0.1, 0.15) is 30.3 Å². The zero-order valence-electron chi connectivity index (χ0n) is 17.3. The van der Waals surface area contributed by atoms with Gasteiger partial charge in [0.2, 0.25) is 5.13 Å². The molecular formula is C23H27N5OS. The molecule has 156 valence electrons.